The molecule has 1 amide bonds. The normalized spacial score (nSPS) is 24.2. The zero-order valence-electron chi connectivity index (χ0n) is 17.9. The molecule has 32 heavy (non-hydrogen) atoms. The van der Waals surface area contributed by atoms with Crippen LogP contribution >= 0.6 is 11.8 Å². The first-order valence-electron chi connectivity index (χ1n) is 10.8. The molecule has 3 heterocycles. The molecule has 2 atom stereocenters. The molecular weight excluding hydrogens is 444 g/mol. The van der Waals surface area contributed by atoms with E-state index in [1.54, 1.807) is 0 Å². The maximum absolute atomic E-state index is 13.2. The predicted molar refractivity (Wildman–Crippen MR) is 131 cm³/mol. The average Bonchev–Trinajstić information content (AvgIpc) is 3.28. The molecular formula is C23H26N4O3S2. The van der Waals surface area contributed by atoms with Gasteiger partial charge in [-0.2, -0.15) is 0 Å². The monoisotopic (exact) mass is 470 g/mol. The maximum Gasteiger partial charge on any atom is 0.254 e. The third kappa shape index (κ3) is 4.36. The minimum Gasteiger partial charge on any atom is -0.368 e. The van der Waals surface area contributed by atoms with Gasteiger partial charge in [-0.1, -0.05) is 36.0 Å². The van der Waals surface area contributed by atoms with E-state index in [1.807, 2.05) is 48.2 Å². The molecule has 7 nitrogen and oxygen atoms in total. The van der Waals surface area contributed by atoms with Gasteiger partial charge in [-0.3, -0.25) is 9.79 Å². The van der Waals surface area contributed by atoms with Crippen molar-refractivity contribution in [3.05, 3.63) is 59.7 Å². The molecule has 3 aliphatic rings. The van der Waals surface area contributed by atoms with E-state index in [1.165, 1.54) is 17.4 Å². The highest BCUT2D eigenvalue weighted by molar-refractivity contribution is 8.15. The molecule has 0 saturated carbocycles. The number of rotatable bonds is 3. The third-order valence-corrected chi connectivity index (χ3v) is 9.37. The highest BCUT2D eigenvalue weighted by Gasteiger charge is 2.42. The van der Waals surface area contributed by atoms with Gasteiger partial charge in [0.25, 0.3) is 5.91 Å². The van der Waals surface area contributed by atoms with Crippen molar-refractivity contribution in [1.82, 2.24) is 4.90 Å². The number of carbonyl (C=O) groups is 1. The largest absolute Gasteiger partial charge is 0.368 e. The number of amides is 1. The Morgan fingerprint density at radius 1 is 1.06 bits per heavy atom. The summed E-state index contributed by atoms with van der Waals surface area (Å²) in [7, 11) is -2.97. The van der Waals surface area contributed by atoms with Gasteiger partial charge in [-0.25, -0.2) is 8.42 Å². The van der Waals surface area contributed by atoms with Crippen LogP contribution in [0.4, 0.5) is 11.4 Å². The number of piperazine rings is 1. The number of thioether (sulfide) groups is 1. The topological polar surface area (TPSA) is 82.1 Å². The van der Waals surface area contributed by atoms with Gasteiger partial charge in [-0.05, 0) is 36.8 Å². The van der Waals surface area contributed by atoms with Crippen molar-refractivity contribution >= 4 is 44.0 Å². The molecule has 3 aliphatic heterocycles. The molecule has 0 aliphatic carbocycles. The number of hydrogen-bond acceptors (Lipinski definition) is 7. The van der Waals surface area contributed by atoms with Crippen molar-refractivity contribution in [2.45, 2.75) is 18.2 Å². The molecule has 0 bridgehead atoms. The number of aliphatic imine (C=N–C) groups is 1. The van der Waals surface area contributed by atoms with Gasteiger partial charge < -0.3 is 15.1 Å². The first kappa shape index (κ1) is 21.3. The van der Waals surface area contributed by atoms with E-state index < -0.39 is 9.84 Å². The number of hydrogen-bond donors (Lipinski definition) is 1. The van der Waals surface area contributed by atoms with Crippen LogP contribution in [0.3, 0.4) is 0 Å². The summed E-state index contributed by atoms with van der Waals surface area (Å²) in [5, 5.41) is 4.06. The van der Waals surface area contributed by atoms with Crippen molar-refractivity contribution in [3.63, 3.8) is 0 Å². The number of amidine groups is 1. The Bertz CT molecular complexity index is 1160. The Balaban J connectivity index is 1.25. The molecule has 5 rings (SSSR count). The van der Waals surface area contributed by atoms with E-state index in [0.29, 0.717) is 18.7 Å². The second-order valence-corrected chi connectivity index (χ2v) is 11.9. The molecule has 0 aromatic heterocycles. The lowest BCUT2D eigenvalue weighted by molar-refractivity contribution is 0.0747. The number of benzene rings is 2. The van der Waals surface area contributed by atoms with Gasteiger partial charge in [0, 0.05) is 48.4 Å². The van der Waals surface area contributed by atoms with Crippen LogP contribution in [0.1, 0.15) is 15.9 Å². The number of aryl methyl sites for hydroxylation is 1. The van der Waals surface area contributed by atoms with Crippen LogP contribution in [-0.4, -0.2) is 73.4 Å². The van der Waals surface area contributed by atoms with Gasteiger partial charge >= 0.3 is 0 Å². The number of para-hydroxylation sites is 1. The summed E-state index contributed by atoms with van der Waals surface area (Å²) >= 11 is 1.49. The van der Waals surface area contributed by atoms with Crippen molar-refractivity contribution in [2.75, 3.05) is 47.9 Å². The number of nitrogens with one attached hydrogen (secondary N) is 1. The Labute approximate surface area is 192 Å². The molecule has 168 valence electrons. The molecule has 1 N–H and O–H groups in total. The van der Waals surface area contributed by atoms with Gasteiger partial charge in [-0.15, -0.1) is 0 Å². The Morgan fingerprint density at radius 3 is 2.53 bits per heavy atom. The quantitative estimate of drug-likeness (QED) is 0.743. The van der Waals surface area contributed by atoms with Crippen molar-refractivity contribution in [2.24, 2.45) is 4.99 Å². The average molecular weight is 471 g/mol. The zero-order chi connectivity index (χ0) is 22.3. The van der Waals surface area contributed by atoms with Crippen LogP contribution in [0, 0.1) is 6.92 Å². The first-order chi connectivity index (χ1) is 15.4. The number of carbonyl (C=O) groups excluding carboxylic acids is 1. The predicted octanol–water partition coefficient (Wildman–Crippen LogP) is 2.64. The second-order valence-electron chi connectivity index (χ2n) is 8.50. The molecule has 2 saturated heterocycles. The van der Waals surface area contributed by atoms with Crippen molar-refractivity contribution < 1.29 is 13.2 Å². The molecule has 0 unspecified atom stereocenters. The highest BCUT2D eigenvalue weighted by atomic mass is 32.2. The summed E-state index contributed by atoms with van der Waals surface area (Å²) in [6, 6.07) is 15.8. The van der Waals surface area contributed by atoms with Crippen LogP contribution in [0.5, 0.6) is 0 Å². The third-order valence-electron chi connectivity index (χ3n) is 6.23. The smallest absolute Gasteiger partial charge is 0.254 e. The summed E-state index contributed by atoms with van der Waals surface area (Å²) in [5.41, 5.74) is 3.70. The van der Waals surface area contributed by atoms with E-state index in [2.05, 4.69) is 27.3 Å². The highest BCUT2D eigenvalue weighted by Crippen LogP contribution is 2.35. The minimum absolute atomic E-state index is 0.00599. The SMILES string of the molecule is Cc1ccc(C(=O)N2CCN(c3ccccc3)CC2)cc1NC1=N[C@@H]2CS(=O)(=O)C[C@H]2S1. The molecule has 0 spiro atoms. The summed E-state index contributed by atoms with van der Waals surface area (Å²) < 4.78 is 23.6. The molecule has 2 aromatic rings. The summed E-state index contributed by atoms with van der Waals surface area (Å²) in [6.07, 6.45) is 0. The van der Waals surface area contributed by atoms with Crippen LogP contribution < -0.4 is 10.2 Å². The summed E-state index contributed by atoms with van der Waals surface area (Å²) in [4.78, 5) is 21.9. The maximum atomic E-state index is 13.2. The number of fused-ring (bicyclic) bond motifs is 1. The second kappa shape index (κ2) is 8.44. The van der Waals surface area contributed by atoms with Gasteiger partial charge in [0.1, 0.15) is 0 Å². The summed E-state index contributed by atoms with van der Waals surface area (Å²) in [5.74, 6) is 0.343. The van der Waals surface area contributed by atoms with E-state index in [9.17, 15) is 13.2 Å². The number of nitrogens with zero attached hydrogens (tertiary/aromatic N) is 3. The van der Waals surface area contributed by atoms with E-state index >= 15 is 0 Å². The summed E-state index contributed by atoms with van der Waals surface area (Å²) in [6.45, 7) is 4.98. The standard InChI is InChI=1S/C23H26N4O3S2/c1-16-7-8-17(13-19(16)24-23-25-20-14-32(29,30)15-21(20)31-23)22(28)27-11-9-26(10-12-27)18-5-3-2-4-6-18/h2-8,13,20-21H,9-12,14-15H2,1H3,(H,24,25)/t20-,21-/m1/s1. The Morgan fingerprint density at radius 2 is 1.81 bits per heavy atom. The lowest BCUT2D eigenvalue weighted by Crippen LogP contribution is -2.48. The van der Waals surface area contributed by atoms with Crippen molar-refractivity contribution in [3.8, 4) is 0 Å². The molecule has 9 heteroatoms. The number of anilines is 2. The minimum atomic E-state index is -2.97. The Kier molecular flexibility index (Phi) is 5.63. The van der Waals surface area contributed by atoms with Gasteiger partial charge in [0.2, 0.25) is 0 Å². The Hall–Kier alpha value is -2.52. The van der Waals surface area contributed by atoms with Crippen LogP contribution in [0.15, 0.2) is 53.5 Å². The van der Waals surface area contributed by atoms with Crippen molar-refractivity contribution in [1.29, 1.82) is 0 Å². The van der Waals surface area contributed by atoms with Gasteiger partial charge in [0.15, 0.2) is 15.0 Å². The fraction of sp³-hybridized carbons (Fsp3) is 0.391. The van der Waals surface area contributed by atoms with E-state index in [4.69, 9.17) is 0 Å². The molecule has 2 aromatic carbocycles. The zero-order valence-corrected chi connectivity index (χ0v) is 19.5. The lowest BCUT2D eigenvalue weighted by Gasteiger charge is -2.36. The lowest BCUT2D eigenvalue weighted by atomic mass is 10.1. The van der Waals surface area contributed by atoms with Crippen LogP contribution in [0.25, 0.3) is 0 Å². The van der Waals surface area contributed by atoms with Gasteiger partial charge in [0.05, 0.1) is 17.5 Å². The van der Waals surface area contributed by atoms with E-state index in [0.717, 1.165) is 29.5 Å². The number of sulfone groups is 1. The first-order valence-corrected chi connectivity index (χ1v) is 13.5. The van der Waals surface area contributed by atoms with Crippen LogP contribution in [0.2, 0.25) is 0 Å². The van der Waals surface area contributed by atoms with E-state index in [-0.39, 0.29) is 28.7 Å². The fourth-order valence-corrected chi connectivity index (χ4v) is 8.08. The molecule has 0 radical (unpaired) electrons. The fourth-order valence-electron chi connectivity index (χ4n) is 4.41. The molecule has 2 fully saturated rings. The van der Waals surface area contributed by atoms with Crippen LogP contribution in [-0.2, 0) is 9.84 Å².